The van der Waals surface area contributed by atoms with E-state index in [0.29, 0.717) is 6.79 Å². The van der Waals surface area contributed by atoms with Gasteiger partial charge in [-0.3, -0.25) is 4.99 Å². The number of nitrogens with zero attached hydrogens (tertiary/aromatic N) is 2. The zero-order valence-corrected chi connectivity index (χ0v) is 16.5. The molecule has 8 heteroatoms. The molecule has 2 N–H and O–H groups in total. The number of hydrogen-bond donors (Lipinski definition) is 2. The van der Waals surface area contributed by atoms with Crippen molar-refractivity contribution in [3.63, 3.8) is 0 Å². The molecule has 0 aliphatic carbocycles. The van der Waals surface area contributed by atoms with Crippen molar-refractivity contribution in [2.45, 2.75) is 24.1 Å². The van der Waals surface area contributed by atoms with E-state index in [1.54, 1.807) is 23.1 Å². The van der Waals surface area contributed by atoms with Crippen LogP contribution in [0.3, 0.4) is 0 Å². The lowest BCUT2D eigenvalue weighted by Gasteiger charge is -2.11. The Morgan fingerprint density at radius 2 is 2.23 bits per heavy atom. The van der Waals surface area contributed by atoms with Gasteiger partial charge in [0.15, 0.2) is 17.5 Å². The smallest absolute Gasteiger partial charge is 0.231 e. The molecular formula is C18H24N4O2S2. The summed E-state index contributed by atoms with van der Waals surface area (Å²) in [5, 5.41) is 8.69. The zero-order chi connectivity index (χ0) is 18.0. The minimum absolute atomic E-state index is 0.315. The van der Waals surface area contributed by atoms with Crippen LogP contribution in [0.2, 0.25) is 0 Å². The Kier molecular flexibility index (Phi) is 7.45. The first-order valence-corrected chi connectivity index (χ1v) is 10.6. The van der Waals surface area contributed by atoms with E-state index >= 15 is 0 Å². The van der Waals surface area contributed by atoms with Crippen LogP contribution in [-0.4, -0.2) is 43.1 Å². The number of rotatable bonds is 9. The van der Waals surface area contributed by atoms with Gasteiger partial charge in [0.1, 0.15) is 4.34 Å². The van der Waals surface area contributed by atoms with Gasteiger partial charge in [0, 0.05) is 37.0 Å². The third kappa shape index (κ3) is 5.81. The van der Waals surface area contributed by atoms with Crippen LogP contribution in [0.1, 0.15) is 18.9 Å². The fourth-order valence-corrected chi connectivity index (χ4v) is 4.09. The van der Waals surface area contributed by atoms with Gasteiger partial charge < -0.3 is 20.1 Å². The molecule has 0 atom stereocenters. The van der Waals surface area contributed by atoms with Crippen molar-refractivity contribution in [3.8, 4) is 11.5 Å². The fraction of sp³-hybridized carbons (Fsp3) is 0.444. The van der Waals surface area contributed by atoms with Crippen molar-refractivity contribution in [1.82, 2.24) is 15.6 Å². The molecule has 0 saturated heterocycles. The highest BCUT2D eigenvalue weighted by molar-refractivity contribution is 8.00. The summed E-state index contributed by atoms with van der Waals surface area (Å²) in [4.78, 5) is 8.91. The maximum absolute atomic E-state index is 5.42. The molecule has 2 aromatic rings. The molecule has 26 heavy (non-hydrogen) atoms. The van der Waals surface area contributed by atoms with Gasteiger partial charge in [0.2, 0.25) is 6.79 Å². The van der Waals surface area contributed by atoms with Crippen molar-refractivity contribution in [3.05, 3.63) is 35.3 Å². The Morgan fingerprint density at radius 3 is 3.08 bits per heavy atom. The second-order valence-corrected chi connectivity index (χ2v) is 7.86. The average Bonchev–Trinajstić information content (AvgIpc) is 3.32. The van der Waals surface area contributed by atoms with Gasteiger partial charge in [0.25, 0.3) is 0 Å². The van der Waals surface area contributed by atoms with Gasteiger partial charge in [-0.1, -0.05) is 17.8 Å². The lowest BCUT2D eigenvalue weighted by Crippen LogP contribution is -2.38. The van der Waals surface area contributed by atoms with E-state index in [0.717, 1.165) is 60.0 Å². The molecule has 0 fully saturated rings. The average molecular weight is 393 g/mol. The SMILES string of the molecule is CCNC(=NCCCSc1nccs1)NCCc1ccc2c(c1)OCO2. The van der Waals surface area contributed by atoms with Crippen molar-refractivity contribution in [2.75, 3.05) is 32.2 Å². The largest absolute Gasteiger partial charge is 0.454 e. The Bertz CT molecular complexity index is 707. The van der Waals surface area contributed by atoms with Gasteiger partial charge in [-0.2, -0.15) is 0 Å². The number of nitrogens with one attached hydrogen (secondary N) is 2. The van der Waals surface area contributed by atoms with Crippen LogP contribution in [0.5, 0.6) is 11.5 Å². The molecule has 6 nitrogen and oxygen atoms in total. The molecule has 1 aromatic carbocycles. The lowest BCUT2D eigenvalue weighted by atomic mass is 10.1. The quantitative estimate of drug-likeness (QED) is 0.296. The van der Waals surface area contributed by atoms with Crippen molar-refractivity contribution in [2.24, 2.45) is 4.99 Å². The number of hydrogen-bond acceptors (Lipinski definition) is 6. The molecule has 1 aliphatic rings. The predicted octanol–water partition coefficient (Wildman–Crippen LogP) is 3.15. The lowest BCUT2D eigenvalue weighted by molar-refractivity contribution is 0.174. The molecule has 140 valence electrons. The fourth-order valence-electron chi connectivity index (χ4n) is 2.46. The third-order valence-corrected chi connectivity index (χ3v) is 5.75. The number of aliphatic imine (C=N–C) groups is 1. The van der Waals surface area contributed by atoms with E-state index in [2.05, 4.69) is 33.6 Å². The molecule has 2 heterocycles. The third-order valence-electron chi connectivity index (χ3n) is 3.69. The normalized spacial score (nSPS) is 13.0. The zero-order valence-electron chi connectivity index (χ0n) is 14.9. The highest BCUT2D eigenvalue weighted by Crippen LogP contribution is 2.32. The van der Waals surface area contributed by atoms with Gasteiger partial charge >= 0.3 is 0 Å². The number of benzene rings is 1. The Labute approximate surface area is 162 Å². The van der Waals surface area contributed by atoms with E-state index in [-0.39, 0.29) is 0 Å². The first-order valence-electron chi connectivity index (χ1n) is 8.78. The van der Waals surface area contributed by atoms with Crippen LogP contribution in [0.4, 0.5) is 0 Å². The maximum atomic E-state index is 5.42. The molecule has 0 saturated carbocycles. The number of thioether (sulfide) groups is 1. The van der Waals surface area contributed by atoms with E-state index in [9.17, 15) is 0 Å². The van der Waals surface area contributed by atoms with Gasteiger partial charge in [0.05, 0.1) is 0 Å². The predicted molar refractivity (Wildman–Crippen MR) is 108 cm³/mol. The summed E-state index contributed by atoms with van der Waals surface area (Å²) in [6, 6.07) is 6.09. The number of thiazole rings is 1. The Morgan fingerprint density at radius 1 is 1.31 bits per heavy atom. The minimum Gasteiger partial charge on any atom is -0.454 e. The van der Waals surface area contributed by atoms with Crippen molar-refractivity contribution >= 4 is 29.1 Å². The summed E-state index contributed by atoms with van der Waals surface area (Å²) in [6.07, 6.45) is 3.78. The summed E-state index contributed by atoms with van der Waals surface area (Å²) in [7, 11) is 0. The molecule has 3 rings (SSSR count). The molecule has 0 amide bonds. The van der Waals surface area contributed by atoms with Gasteiger partial charge in [-0.15, -0.1) is 11.3 Å². The maximum Gasteiger partial charge on any atom is 0.231 e. The summed E-state index contributed by atoms with van der Waals surface area (Å²) in [6.45, 7) is 4.86. The van der Waals surface area contributed by atoms with E-state index in [4.69, 9.17) is 9.47 Å². The van der Waals surface area contributed by atoms with Crippen LogP contribution in [0.15, 0.2) is 39.1 Å². The van der Waals surface area contributed by atoms with Crippen molar-refractivity contribution in [1.29, 1.82) is 0 Å². The van der Waals surface area contributed by atoms with Crippen LogP contribution < -0.4 is 20.1 Å². The second kappa shape index (κ2) is 10.3. The molecule has 0 unspecified atom stereocenters. The topological polar surface area (TPSA) is 67.8 Å². The Hall–Kier alpha value is -1.93. The standard InChI is InChI=1S/C18H24N4O2S2/c1-2-19-17(20-7-3-10-25-18-22-9-11-26-18)21-8-6-14-4-5-15-16(12-14)24-13-23-15/h4-5,9,11-12H,2-3,6-8,10,13H2,1H3,(H2,19,20,21). The van der Waals surface area contributed by atoms with Crippen LogP contribution >= 0.6 is 23.1 Å². The summed E-state index contributed by atoms with van der Waals surface area (Å²) < 4.78 is 11.9. The molecule has 1 aromatic heterocycles. The minimum atomic E-state index is 0.315. The first-order chi connectivity index (χ1) is 12.8. The highest BCUT2D eigenvalue weighted by atomic mass is 32.2. The van der Waals surface area contributed by atoms with E-state index in [1.165, 1.54) is 5.56 Å². The highest BCUT2D eigenvalue weighted by Gasteiger charge is 2.12. The second-order valence-electron chi connectivity index (χ2n) is 5.63. The first kappa shape index (κ1) is 18.8. The number of ether oxygens (including phenoxy) is 2. The Balaban J connectivity index is 1.38. The molecule has 0 radical (unpaired) electrons. The molecule has 1 aliphatic heterocycles. The van der Waals surface area contributed by atoms with E-state index in [1.807, 2.05) is 23.7 Å². The van der Waals surface area contributed by atoms with Crippen molar-refractivity contribution < 1.29 is 9.47 Å². The van der Waals surface area contributed by atoms with Crippen LogP contribution in [-0.2, 0) is 6.42 Å². The number of guanidine groups is 1. The molecule has 0 bridgehead atoms. The van der Waals surface area contributed by atoms with Crippen LogP contribution in [0.25, 0.3) is 0 Å². The summed E-state index contributed by atoms with van der Waals surface area (Å²) in [5.74, 6) is 3.56. The molecule has 0 spiro atoms. The summed E-state index contributed by atoms with van der Waals surface area (Å²) >= 11 is 3.48. The van der Waals surface area contributed by atoms with E-state index < -0.39 is 0 Å². The van der Waals surface area contributed by atoms with Crippen LogP contribution in [0, 0.1) is 0 Å². The molecular weight excluding hydrogens is 368 g/mol. The summed E-state index contributed by atoms with van der Waals surface area (Å²) in [5.41, 5.74) is 1.22. The number of aromatic nitrogens is 1. The van der Waals surface area contributed by atoms with Gasteiger partial charge in [-0.05, 0) is 37.5 Å². The van der Waals surface area contributed by atoms with Gasteiger partial charge in [-0.25, -0.2) is 4.98 Å². The number of fused-ring (bicyclic) bond motifs is 1. The monoisotopic (exact) mass is 392 g/mol.